The average molecular weight is 331 g/mol. The molecule has 3 unspecified atom stereocenters. The Labute approximate surface area is 143 Å². The molecular weight excluding hydrogens is 302 g/mol. The van der Waals surface area contributed by atoms with Crippen molar-refractivity contribution < 1.29 is 10.2 Å². The molecule has 2 N–H and O–H groups in total. The Morgan fingerprint density at radius 2 is 2.00 bits per heavy atom. The van der Waals surface area contributed by atoms with Gasteiger partial charge in [0.25, 0.3) is 0 Å². The zero-order valence-corrected chi connectivity index (χ0v) is 14.9. The first kappa shape index (κ1) is 17.4. The molecule has 0 saturated carbocycles. The minimum atomic E-state index is -0.469. The van der Waals surface area contributed by atoms with Gasteiger partial charge < -0.3 is 14.8 Å². The number of β-amino-alcohol motifs (C(OH)–C–C–N with tert-alkyl or cyclic N) is 1. The Kier molecular flexibility index (Phi) is 5.23. The number of rotatable bonds is 5. The summed E-state index contributed by atoms with van der Waals surface area (Å²) in [7, 11) is 0. The van der Waals surface area contributed by atoms with E-state index in [4.69, 9.17) is 0 Å². The van der Waals surface area contributed by atoms with Crippen LogP contribution in [0.5, 0.6) is 0 Å². The summed E-state index contributed by atoms with van der Waals surface area (Å²) in [6, 6.07) is 4.41. The molecule has 1 aliphatic rings. The molecule has 0 bridgehead atoms. The number of hydrogen-bond acceptors (Lipinski definition) is 4. The van der Waals surface area contributed by atoms with Gasteiger partial charge in [-0.1, -0.05) is 6.92 Å². The number of nitrogens with zero attached hydrogens (tertiary/aromatic N) is 3. The topological polar surface area (TPSA) is 61.5 Å². The zero-order chi connectivity index (χ0) is 17.3. The molecule has 0 radical (unpaired) electrons. The summed E-state index contributed by atoms with van der Waals surface area (Å²) in [5.74, 6) is 0.482. The molecule has 3 rings (SSSR count). The highest BCUT2D eigenvalue weighted by Crippen LogP contribution is 2.24. The van der Waals surface area contributed by atoms with Crippen LogP contribution in [0.25, 0.3) is 11.0 Å². The Morgan fingerprint density at radius 1 is 1.25 bits per heavy atom. The van der Waals surface area contributed by atoms with Gasteiger partial charge in [-0.15, -0.1) is 0 Å². The lowest BCUT2D eigenvalue weighted by Crippen LogP contribution is -2.49. The van der Waals surface area contributed by atoms with Crippen molar-refractivity contribution in [2.75, 3.05) is 19.7 Å². The standard InChI is InChI=1S/C19H29N3O2/c1-13-5-4-6-21(19(13)11-23)9-16(24)10-22-12-20-17-7-14(2)15(3)8-18(17)22/h7-8,12-13,16,19,23-24H,4-6,9-11H2,1-3H3. The first-order valence-corrected chi connectivity index (χ1v) is 8.94. The summed E-state index contributed by atoms with van der Waals surface area (Å²) < 4.78 is 2.04. The normalized spacial score (nSPS) is 23.7. The highest BCUT2D eigenvalue weighted by atomic mass is 16.3. The van der Waals surface area contributed by atoms with Crippen LogP contribution in [0, 0.1) is 19.8 Å². The number of aliphatic hydroxyl groups is 2. The van der Waals surface area contributed by atoms with E-state index in [1.807, 2.05) is 10.9 Å². The number of imidazole rings is 1. The summed E-state index contributed by atoms with van der Waals surface area (Å²) >= 11 is 0. The SMILES string of the molecule is Cc1cc2ncn(CC(O)CN3CCCC(C)C3CO)c2cc1C. The highest BCUT2D eigenvalue weighted by Gasteiger charge is 2.29. The molecule has 2 heterocycles. The molecule has 5 heteroatoms. The van der Waals surface area contributed by atoms with E-state index in [2.05, 4.69) is 42.8 Å². The maximum absolute atomic E-state index is 10.6. The number of aliphatic hydroxyl groups excluding tert-OH is 2. The number of aryl methyl sites for hydroxylation is 2. The Morgan fingerprint density at radius 3 is 2.75 bits per heavy atom. The number of piperidine rings is 1. The molecule has 1 aromatic carbocycles. The maximum atomic E-state index is 10.6. The van der Waals surface area contributed by atoms with Crippen molar-refractivity contribution in [3.63, 3.8) is 0 Å². The molecule has 0 amide bonds. The van der Waals surface area contributed by atoms with E-state index < -0.39 is 6.10 Å². The summed E-state index contributed by atoms with van der Waals surface area (Å²) in [5.41, 5.74) is 4.53. The van der Waals surface area contributed by atoms with E-state index in [1.165, 1.54) is 11.1 Å². The fourth-order valence-electron chi connectivity index (χ4n) is 3.87. The van der Waals surface area contributed by atoms with Gasteiger partial charge in [0.1, 0.15) is 0 Å². The zero-order valence-electron chi connectivity index (χ0n) is 14.9. The second-order valence-electron chi connectivity index (χ2n) is 7.34. The van der Waals surface area contributed by atoms with Crippen molar-refractivity contribution in [1.82, 2.24) is 14.5 Å². The van der Waals surface area contributed by atoms with Crippen LogP contribution >= 0.6 is 0 Å². The van der Waals surface area contributed by atoms with Gasteiger partial charge in [-0.25, -0.2) is 4.98 Å². The predicted molar refractivity (Wildman–Crippen MR) is 96.1 cm³/mol. The first-order chi connectivity index (χ1) is 11.5. The second-order valence-corrected chi connectivity index (χ2v) is 7.34. The number of hydrogen-bond donors (Lipinski definition) is 2. The lowest BCUT2D eigenvalue weighted by atomic mass is 9.91. The van der Waals surface area contributed by atoms with Crippen LogP contribution < -0.4 is 0 Å². The molecular formula is C19H29N3O2. The fourth-order valence-corrected chi connectivity index (χ4v) is 3.87. The molecule has 5 nitrogen and oxygen atoms in total. The summed E-state index contributed by atoms with van der Waals surface area (Å²) in [4.78, 5) is 6.71. The van der Waals surface area contributed by atoms with Gasteiger partial charge in [-0.05, 0) is 62.4 Å². The molecule has 0 spiro atoms. The maximum Gasteiger partial charge on any atom is 0.0959 e. The second kappa shape index (κ2) is 7.21. The summed E-state index contributed by atoms with van der Waals surface area (Å²) in [5, 5.41) is 20.2. The molecule has 24 heavy (non-hydrogen) atoms. The molecule has 3 atom stereocenters. The third kappa shape index (κ3) is 3.48. The average Bonchev–Trinajstić information content (AvgIpc) is 2.90. The van der Waals surface area contributed by atoms with Crippen molar-refractivity contribution >= 4 is 11.0 Å². The van der Waals surface area contributed by atoms with Gasteiger partial charge in [0.05, 0.1) is 36.6 Å². The third-order valence-electron chi connectivity index (χ3n) is 5.51. The minimum absolute atomic E-state index is 0.165. The quantitative estimate of drug-likeness (QED) is 0.881. The number of benzene rings is 1. The fraction of sp³-hybridized carbons (Fsp3) is 0.632. The summed E-state index contributed by atoms with van der Waals surface area (Å²) in [6.07, 6.45) is 3.64. The van der Waals surface area contributed by atoms with Gasteiger partial charge in [0.15, 0.2) is 0 Å². The molecule has 132 valence electrons. The smallest absolute Gasteiger partial charge is 0.0959 e. The third-order valence-corrected chi connectivity index (χ3v) is 5.51. The van der Waals surface area contributed by atoms with Crippen molar-refractivity contribution in [2.24, 2.45) is 5.92 Å². The predicted octanol–water partition coefficient (Wildman–Crippen LogP) is 2.11. The minimum Gasteiger partial charge on any atom is -0.395 e. The molecule has 1 aliphatic heterocycles. The van der Waals surface area contributed by atoms with Crippen molar-refractivity contribution in [3.05, 3.63) is 29.6 Å². The van der Waals surface area contributed by atoms with Crippen LogP contribution in [0.3, 0.4) is 0 Å². The Hall–Kier alpha value is -1.43. The van der Waals surface area contributed by atoms with Crippen molar-refractivity contribution in [3.8, 4) is 0 Å². The molecule has 1 fully saturated rings. The van der Waals surface area contributed by atoms with E-state index in [0.29, 0.717) is 19.0 Å². The Bertz CT molecular complexity index is 697. The van der Waals surface area contributed by atoms with E-state index in [1.54, 1.807) is 0 Å². The van der Waals surface area contributed by atoms with Gasteiger partial charge in [0.2, 0.25) is 0 Å². The first-order valence-electron chi connectivity index (χ1n) is 8.94. The van der Waals surface area contributed by atoms with Crippen LogP contribution in [0.15, 0.2) is 18.5 Å². The van der Waals surface area contributed by atoms with Crippen molar-refractivity contribution in [1.29, 1.82) is 0 Å². The molecule has 1 aromatic heterocycles. The lowest BCUT2D eigenvalue weighted by Gasteiger charge is -2.40. The van der Waals surface area contributed by atoms with E-state index in [0.717, 1.165) is 30.4 Å². The highest BCUT2D eigenvalue weighted by molar-refractivity contribution is 5.77. The Balaban J connectivity index is 1.70. The number of likely N-dealkylation sites (tertiary alicyclic amines) is 1. The van der Waals surface area contributed by atoms with Crippen LogP contribution in [-0.2, 0) is 6.54 Å². The van der Waals surface area contributed by atoms with E-state index in [9.17, 15) is 10.2 Å². The monoisotopic (exact) mass is 331 g/mol. The van der Waals surface area contributed by atoms with Gasteiger partial charge in [0, 0.05) is 12.6 Å². The molecule has 0 aliphatic carbocycles. The van der Waals surface area contributed by atoms with Crippen LogP contribution in [-0.4, -0.2) is 56.5 Å². The van der Waals surface area contributed by atoms with Crippen LogP contribution in [0.4, 0.5) is 0 Å². The van der Waals surface area contributed by atoms with Crippen LogP contribution in [0.1, 0.15) is 30.9 Å². The van der Waals surface area contributed by atoms with Gasteiger partial charge >= 0.3 is 0 Å². The lowest BCUT2D eigenvalue weighted by molar-refractivity contribution is 0.0130. The van der Waals surface area contributed by atoms with Crippen molar-refractivity contribution in [2.45, 2.75) is 52.3 Å². The number of fused-ring (bicyclic) bond motifs is 1. The molecule has 2 aromatic rings. The summed E-state index contributed by atoms with van der Waals surface area (Å²) in [6.45, 7) is 8.63. The molecule has 1 saturated heterocycles. The van der Waals surface area contributed by atoms with Gasteiger partial charge in [-0.2, -0.15) is 0 Å². The van der Waals surface area contributed by atoms with Gasteiger partial charge in [-0.3, -0.25) is 4.90 Å². The number of aromatic nitrogens is 2. The van der Waals surface area contributed by atoms with Crippen LogP contribution in [0.2, 0.25) is 0 Å². The largest absolute Gasteiger partial charge is 0.395 e. The van der Waals surface area contributed by atoms with E-state index >= 15 is 0 Å². The van der Waals surface area contributed by atoms with E-state index in [-0.39, 0.29) is 12.6 Å².